The van der Waals surface area contributed by atoms with E-state index in [1.807, 2.05) is 153 Å². The third-order valence-corrected chi connectivity index (χ3v) is 8.25. The number of nitrogens with zero attached hydrogens (tertiary/aromatic N) is 2. The lowest BCUT2D eigenvalue weighted by Gasteiger charge is -2.17. The zero-order valence-corrected chi connectivity index (χ0v) is 24.1. The van der Waals surface area contributed by atoms with Gasteiger partial charge in [0.05, 0.1) is 11.4 Å². The summed E-state index contributed by atoms with van der Waals surface area (Å²) >= 11 is 0. The van der Waals surface area contributed by atoms with E-state index >= 15 is 0 Å². The van der Waals surface area contributed by atoms with E-state index < -0.39 is 5.92 Å². The van der Waals surface area contributed by atoms with Crippen molar-refractivity contribution in [3.63, 3.8) is 0 Å². The summed E-state index contributed by atoms with van der Waals surface area (Å²) in [5, 5.41) is 0. The SMILES string of the molecule is Cc1ccc(-n2c3cccccc-3c(C(c3ccccc3)c3c4cccccc-4n(-c4ccc(C)cc4)c3=O)c2=O)cc1. The number of benzene rings is 3. The molecule has 0 unspecified atom stereocenters. The van der Waals surface area contributed by atoms with Gasteiger partial charge in [-0.05, 0) is 55.8 Å². The number of hydrogen-bond acceptors (Lipinski definition) is 2. The number of hydrogen-bond donors (Lipinski definition) is 0. The Hall–Kier alpha value is -5.48. The van der Waals surface area contributed by atoms with Gasteiger partial charge in [0.15, 0.2) is 0 Å². The summed E-state index contributed by atoms with van der Waals surface area (Å²) in [7, 11) is 0. The van der Waals surface area contributed by atoms with Crippen molar-refractivity contribution >= 4 is 0 Å². The fourth-order valence-electron chi connectivity index (χ4n) is 6.19. The molecular formula is C39H30N2O2. The normalized spacial score (nSPS) is 11.4. The van der Waals surface area contributed by atoms with Crippen LogP contribution in [0.3, 0.4) is 0 Å². The molecule has 0 aromatic heterocycles. The smallest absolute Gasteiger partial charge is 0.260 e. The second-order valence-corrected chi connectivity index (χ2v) is 11.0. The number of rotatable bonds is 5. The lowest BCUT2D eigenvalue weighted by Crippen LogP contribution is -2.24. The molecule has 0 radical (unpaired) electrons. The maximum absolute atomic E-state index is 14.7. The fourth-order valence-corrected chi connectivity index (χ4v) is 6.19. The highest BCUT2D eigenvalue weighted by Crippen LogP contribution is 2.42. The van der Waals surface area contributed by atoms with Crippen molar-refractivity contribution < 1.29 is 0 Å². The van der Waals surface area contributed by atoms with E-state index in [0.29, 0.717) is 11.1 Å². The molecule has 4 aliphatic rings. The van der Waals surface area contributed by atoms with Crippen LogP contribution in [0.1, 0.15) is 33.7 Å². The molecule has 4 nitrogen and oxygen atoms in total. The molecule has 2 aliphatic carbocycles. The largest absolute Gasteiger partial charge is 0.277 e. The average molecular weight is 559 g/mol. The van der Waals surface area contributed by atoms with Gasteiger partial charge in [-0.25, -0.2) is 0 Å². The number of aryl methyl sites for hydroxylation is 2. The lowest BCUT2D eigenvalue weighted by molar-refractivity contribution is 0.921. The predicted octanol–water partition coefficient (Wildman–Crippen LogP) is 8.00. The van der Waals surface area contributed by atoms with E-state index in [-0.39, 0.29) is 11.1 Å². The van der Waals surface area contributed by atoms with E-state index in [0.717, 1.165) is 50.6 Å². The molecule has 2 aliphatic heterocycles. The first-order valence-corrected chi connectivity index (χ1v) is 14.5. The molecule has 0 amide bonds. The Morgan fingerprint density at radius 3 is 1.23 bits per heavy atom. The third-order valence-electron chi connectivity index (χ3n) is 8.25. The summed E-state index contributed by atoms with van der Waals surface area (Å²) in [6, 6.07) is 45.6. The number of fused-ring (bicyclic) bond motifs is 2. The van der Waals surface area contributed by atoms with Crippen molar-refractivity contribution in [1.29, 1.82) is 0 Å². The summed E-state index contributed by atoms with van der Waals surface area (Å²) < 4.78 is 3.56. The van der Waals surface area contributed by atoms with Gasteiger partial charge in [-0.2, -0.15) is 0 Å². The van der Waals surface area contributed by atoms with Crippen LogP contribution in [-0.2, 0) is 0 Å². The van der Waals surface area contributed by atoms with E-state index in [1.165, 1.54) is 0 Å². The van der Waals surface area contributed by atoms with Crippen molar-refractivity contribution in [2.24, 2.45) is 0 Å². The van der Waals surface area contributed by atoms with Crippen LogP contribution in [0, 0.1) is 13.8 Å². The zero-order chi connectivity index (χ0) is 29.5. The van der Waals surface area contributed by atoms with Crippen LogP contribution in [-0.4, -0.2) is 9.13 Å². The Kier molecular flexibility index (Phi) is 6.59. The average Bonchev–Trinajstić information content (AvgIpc) is 3.21. The van der Waals surface area contributed by atoms with Gasteiger partial charge >= 0.3 is 0 Å². The topological polar surface area (TPSA) is 44.0 Å². The standard InChI is InChI=1S/C39H30N2O2/c1-26-18-22-29(23-19-26)40-33-16-10-4-8-14-31(33)36(38(40)42)35(28-12-6-3-7-13-28)37-32-15-9-5-11-17-34(32)41(39(37)43)30-24-20-27(2)21-25-30/h3-25,35H,1-2H3. The monoisotopic (exact) mass is 558 g/mol. The van der Waals surface area contributed by atoms with Crippen molar-refractivity contribution in [3.8, 4) is 33.9 Å². The summed E-state index contributed by atoms with van der Waals surface area (Å²) in [4.78, 5) is 29.5. The zero-order valence-electron chi connectivity index (χ0n) is 24.1. The molecular weight excluding hydrogens is 528 g/mol. The van der Waals surface area contributed by atoms with Crippen LogP contribution in [0.2, 0.25) is 0 Å². The van der Waals surface area contributed by atoms with Gasteiger partial charge in [0.1, 0.15) is 0 Å². The lowest BCUT2D eigenvalue weighted by atomic mass is 9.83. The van der Waals surface area contributed by atoms with E-state index in [9.17, 15) is 9.59 Å². The highest BCUT2D eigenvalue weighted by atomic mass is 16.1. The van der Waals surface area contributed by atoms with Gasteiger partial charge in [0, 0.05) is 39.5 Å². The van der Waals surface area contributed by atoms with Crippen LogP contribution in [0.5, 0.6) is 0 Å². The molecule has 0 saturated carbocycles. The van der Waals surface area contributed by atoms with Gasteiger partial charge in [0.25, 0.3) is 11.1 Å². The Labute approximate surface area is 250 Å². The van der Waals surface area contributed by atoms with Gasteiger partial charge in [0.2, 0.25) is 0 Å². The van der Waals surface area contributed by atoms with E-state index in [2.05, 4.69) is 0 Å². The molecule has 43 heavy (non-hydrogen) atoms. The number of aromatic nitrogens is 2. The quantitative estimate of drug-likeness (QED) is 0.215. The molecule has 0 spiro atoms. The maximum Gasteiger partial charge on any atom is 0.260 e. The molecule has 0 N–H and O–H groups in total. The van der Waals surface area contributed by atoms with Crippen LogP contribution in [0.25, 0.3) is 33.9 Å². The molecule has 0 atom stereocenters. The maximum atomic E-state index is 14.7. The Morgan fingerprint density at radius 1 is 0.442 bits per heavy atom. The Bertz CT molecular complexity index is 1990. The molecule has 4 heteroatoms. The van der Waals surface area contributed by atoms with Crippen LogP contribution < -0.4 is 11.1 Å². The summed E-state index contributed by atoms with van der Waals surface area (Å²) in [6.07, 6.45) is 0. The second-order valence-electron chi connectivity index (χ2n) is 11.0. The molecule has 208 valence electrons. The highest BCUT2D eigenvalue weighted by molar-refractivity contribution is 5.76. The molecule has 2 heterocycles. The van der Waals surface area contributed by atoms with E-state index in [1.54, 1.807) is 9.13 Å². The van der Waals surface area contributed by atoms with Crippen molar-refractivity contribution in [1.82, 2.24) is 9.13 Å². The Morgan fingerprint density at radius 2 is 0.814 bits per heavy atom. The first-order valence-electron chi connectivity index (χ1n) is 14.5. The summed E-state index contributed by atoms with van der Waals surface area (Å²) in [5.74, 6) is -0.602. The third kappa shape index (κ3) is 4.48. The first kappa shape index (κ1) is 26.4. The minimum atomic E-state index is -0.602. The Balaban J connectivity index is 1.60. The molecule has 3 aromatic rings. The van der Waals surface area contributed by atoms with Crippen LogP contribution in [0.4, 0.5) is 0 Å². The van der Waals surface area contributed by atoms with E-state index in [4.69, 9.17) is 0 Å². The van der Waals surface area contributed by atoms with Gasteiger partial charge in [-0.1, -0.05) is 114 Å². The van der Waals surface area contributed by atoms with Crippen molar-refractivity contribution in [3.05, 3.63) is 188 Å². The minimum absolute atomic E-state index is 0.130. The first-order chi connectivity index (χ1) is 21.0. The second kappa shape index (κ2) is 10.7. The summed E-state index contributed by atoms with van der Waals surface area (Å²) in [6.45, 7) is 4.07. The van der Waals surface area contributed by atoms with Gasteiger partial charge in [-0.3, -0.25) is 18.7 Å². The minimum Gasteiger partial charge on any atom is -0.277 e. The molecule has 0 fully saturated rings. The fraction of sp³-hybridized carbons (Fsp3) is 0.0769. The summed E-state index contributed by atoms with van der Waals surface area (Å²) in [5.41, 5.74) is 8.87. The van der Waals surface area contributed by atoms with Gasteiger partial charge < -0.3 is 0 Å². The van der Waals surface area contributed by atoms with Crippen LogP contribution in [0.15, 0.2) is 149 Å². The highest BCUT2D eigenvalue weighted by Gasteiger charge is 2.35. The van der Waals surface area contributed by atoms with Gasteiger partial charge in [-0.15, -0.1) is 0 Å². The molecule has 7 rings (SSSR count). The molecule has 3 aromatic carbocycles. The van der Waals surface area contributed by atoms with Crippen molar-refractivity contribution in [2.45, 2.75) is 19.8 Å². The predicted molar refractivity (Wildman–Crippen MR) is 174 cm³/mol. The molecule has 0 saturated heterocycles. The molecule has 0 bridgehead atoms. The van der Waals surface area contributed by atoms with Crippen molar-refractivity contribution in [2.75, 3.05) is 0 Å². The van der Waals surface area contributed by atoms with Crippen LogP contribution >= 0.6 is 0 Å².